The summed E-state index contributed by atoms with van der Waals surface area (Å²) in [6.45, 7) is 0.609. The lowest BCUT2D eigenvalue weighted by Crippen LogP contribution is -2.41. The lowest BCUT2D eigenvalue weighted by Gasteiger charge is -2.24. The monoisotopic (exact) mass is 420 g/mol. The molecular formula is C24H24N2O3S. The number of benzene rings is 3. The van der Waals surface area contributed by atoms with Crippen LogP contribution in [-0.4, -0.2) is 37.7 Å². The van der Waals surface area contributed by atoms with Gasteiger partial charge in [0.2, 0.25) is 0 Å². The van der Waals surface area contributed by atoms with Crippen LogP contribution in [0.25, 0.3) is 0 Å². The Morgan fingerprint density at radius 2 is 1.33 bits per heavy atom. The van der Waals surface area contributed by atoms with Crippen molar-refractivity contribution in [1.82, 2.24) is 10.2 Å². The van der Waals surface area contributed by atoms with E-state index in [1.807, 2.05) is 60.7 Å². The molecule has 3 aromatic carbocycles. The number of sulfone groups is 1. The number of urea groups is 1. The van der Waals surface area contributed by atoms with Crippen LogP contribution in [0.5, 0.6) is 0 Å². The summed E-state index contributed by atoms with van der Waals surface area (Å²) in [5.74, 6) is 0. The van der Waals surface area contributed by atoms with Gasteiger partial charge in [0.05, 0.1) is 16.2 Å². The van der Waals surface area contributed by atoms with Gasteiger partial charge in [-0.15, -0.1) is 0 Å². The highest BCUT2D eigenvalue weighted by atomic mass is 32.2. The molecule has 1 saturated heterocycles. The van der Waals surface area contributed by atoms with Gasteiger partial charge in [-0.2, -0.15) is 0 Å². The van der Waals surface area contributed by atoms with Crippen molar-refractivity contribution in [2.45, 2.75) is 22.6 Å². The second kappa shape index (κ2) is 8.71. The number of carbonyl (C=O) groups is 1. The Labute approximate surface area is 177 Å². The van der Waals surface area contributed by atoms with Gasteiger partial charge in [-0.25, -0.2) is 13.2 Å². The molecule has 0 spiro atoms. The zero-order valence-electron chi connectivity index (χ0n) is 16.5. The Morgan fingerprint density at radius 3 is 1.87 bits per heavy atom. The summed E-state index contributed by atoms with van der Waals surface area (Å²) in [4.78, 5) is 14.9. The molecule has 3 aromatic rings. The molecule has 30 heavy (non-hydrogen) atoms. The molecule has 4 rings (SSSR count). The summed E-state index contributed by atoms with van der Waals surface area (Å²) in [5.41, 5.74) is 1.95. The number of nitrogens with zero attached hydrogens (tertiary/aromatic N) is 1. The first kappa shape index (κ1) is 20.2. The van der Waals surface area contributed by atoms with Crippen molar-refractivity contribution in [3.05, 3.63) is 102 Å². The molecule has 154 valence electrons. The number of hydrogen-bond acceptors (Lipinski definition) is 3. The van der Waals surface area contributed by atoms with E-state index in [-0.39, 0.29) is 18.6 Å². The summed E-state index contributed by atoms with van der Waals surface area (Å²) < 4.78 is 25.8. The van der Waals surface area contributed by atoms with E-state index < -0.39 is 15.1 Å². The van der Waals surface area contributed by atoms with E-state index in [0.717, 1.165) is 11.1 Å². The number of likely N-dealkylation sites (tertiary alicyclic amines) is 1. The molecule has 0 saturated carbocycles. The highest BCUT2D eigenvalue weighted by Gasteiger charge is 2.36. The van der Waals surface area contributed by atoms with Gasteiger partial charge < -0.3 is 10.2 Å². The number of carbonyl (C=O) groups excluding carboxylic acids is 1. The summed E-state index contributed by atoms with van der Waals surface area (Å²) in [6.07, 6.45) is 0.436. The minimum absolute atomic E-state index is 0.194. The lowest BCUT2D eigenvalue weighted by atomic mass is 9.99. The molecule has 0 bridgehead atoms. The first-order valence-electron chi connectivity index (χ1n) is 10.00. The van der Waals surface area contributed by atoms with Crippen molar-refractivity contribution in [2.24, 2.45) is 0 Å². The summed E-state index contributed by atoms with van der Waals surface area (Å²) in [5, 5.41) is 2.51. The van der Waals surface area contributed by atoms with Gasteiger partial charge in [-0.05, 0) is 29.7 Å². The third kappa shape index (κ3) is 4.24. The normalized spacial score (nSPS) is 16.6. The first-order valence-corrected chi connectivity index (χ1v) is 11.5. The van der Waals surface area contributed by atoms with Crippen LogP contribution in [0.15, 0.2) is 95.9 Å². The van der Waals surface area contributed by atoms with Gasteiger partial charge in [0.1, 0.15) is 0 Å². The smallest absolute Gasteiger partial charge is 0.318 e. The molecular weight excluding hydrogens is 396 g/mol. The second-order valence-electron chi connectivity index (χ2n) is 7.42. The molecule has 1 heterocycles. The fourth-order valence-electron chi connectivity index (χ4n) is 3.83. The third-order valence-corrected chi connectivity index (χ3v) is 7.67. The highest BCUT2D eigenvalue weighted by Crippen LogP contribution is 2.26. The van der Waals surface area contributed by atoms with Gasteiger partial charge >= 0.3 is 6.03 Å². The minimum Gasteiger partial charge on any atom is -0.327 e. The van der Waals surface area contributed by atoms with Gasteiger partial charge in [-0.3, -0.25) is 0 Å². The topological polar surface area (TPSA) is 66.5 Å². The molecule has 1 aliphatic heterocycles. The Bertz CT molecular complexity index is 1050. The largest absolute Gasteiger partial charge is 0.327 e. The fourth-order valence-corrected chi connectivity index (χ4v) is 5.55. The zero-order valence-corrected chi connectivity index (χ0v) is 17.3. The van der Waals surface area contributed by atoms with Gasteiger partial charge in [0.25, 0.3) is 0 Å². The maximum absolute atomic E-state index is 13.0. The fraction of sp³-hybridized carbons (Fsp3) is 0.208. The molecule has 0 radical (unpaired) electrons. The molecule has 1 unspecified atom stereocenters. The first-order chi connectivity index (χ1) is 14.6. The molecule has 0 aromatic heterocycles. The molecule has 1 aliphatic rings. The van der Waals surface area contributed by atoms with Crippen LogP contribution in [0.2, 0.25) is 0 Å². The molecule has 1 atom stereocenters. The van der Waals surface area contributed by atoms with E-state index in [1.54, 1.807) is 35.2 Å². The van der Waals surface area contributed by atoms with Crippen LogP contribution in [0.4, 0.5) is 4.79 Å². The number of hydrogen-bond donors (Lipinski definition) is 1. The maximum Gasteiger partial charge on any atom is 0.318 e. The molecule has 0 aliphatic carbocycles. The maximum atomic E-state index is 13.0. The van der Waals surface area contributed by atoms with Crippen molar-refractivity contribution in [3.8, 4) is 0 Å². The van der Waals surface area contributed by atoms with E-state index in [4.69, 9.17) is 0 Å². The average Bonchev–Trinajstić information content (AvgIpc) is 3.31. The number of rotatable bonds is 5. The summed E-state index contributed by atoms with van der Waals surface area (Å²) in [7, 11) is -3.46. The Balaban J connectivity index is 1.50. The Hall–Kier alpha value is -3.12. The minimum atomic E-state index is -3.46. The predicted octanol–water partition coefficient (Wildman–Crippen LogP) is 4.03. The standard InChI is InChI=1S/C24H24N2O3S/c27-24(25-23(19-10-4-1-5-11-19)20-12-6-2-7-13-20)26-17-16-22(18-26)30(28,29)21-14-8-3-9-15-21/h1-15,22-23H,16-18H2,(H,25,27). The third-order valence-electron chi connectivity index (χ3n) is 5.48. The Kier molecular flexibility index (Phi) is 5.86. The van der Waals surface area contributed by atoms with Crippen LogP contribution in [0.3, 0.4) is 0 Å². The van der Waals surface area contributed by atoms with E-state index >= 15 is 0 Å². The van der Waals surface area contributed by atoms with Gasteiger partial charge in [-0.1, -0.05) is 78.9 Å². The molecule has 5 nitrogen and oxygen atoms in total. The van der Waals surface area contributed by atoms with Gasteiger partial charge in [0, 0.05) is 13.1 Å². The van der Waals surface area contributed by atoms with E-state index in [9.17, 15) is 13.2 Å². The lowest BCUT2D eigenvalue weighted by molar-refractivity contribution is 0.206. The van der Waals surface area contributed by atoms with Crippen molar-refractivity contribution < 1.29 is 13.2 Å². The zero-order chi connectivity index (χ0) is 21.0. The van der Waals surface area contributed by atoms with E-state index in [0.29, 0.717) is 17.9 Å². The number of amides is 2. The van der Waals surface area contributed by atoms with Gasteiger partial charge in [0.15, 0.2) is 9.84 Å². The highest BCUT2D eigenvalue weighted by molar-refractivity contribution is 7.92. The molecule has 1 N–H and O–H groups in total. The van der Waals surface area contributed by atoms with Crippen LogP contribution >= 0.6 is 0 Å². The summed E-state index contributed by atoms with van der Waals surface area (Å²) >= 11 is 0. The molecule has 1 fully saturated rings. The average molecular weight is 421 g/mol. The molecule has 6 heteroatoms. The molecule has 2 amide bonds. The SMILES string of the molecule is O=C(NC(c1ccccc1)c1ccccc1)N1CCC(S(=O)(=O)c2ccccc2)C1. The number of nitrogens with one attached hydrogen (secondary N) is 1. The Morgan fingerprint density at radius 1 is 0.833 bits per heavy atom. The second-order valence-corrected chi connectivity index (χ2v) is 9.65. The van der Waals surface area contributed by atoms with E-state index in [2.05, 4.69) is 5.32 Å². The van der Waals surface area contributed by atoms with Crippen molar-refractivity contribution in [1.29, 1.82) is 0 Å². The van der Waals surface area contributed by atoms with Crippen LogP contribution in [0.1, 0.15) is 23.6 Å². The summed E-state index contributed by atoms with van der Waals surface area (Å²) in [6, 6.07) is 27.4. The van der Waals surface area contributed by atoms with Crippen LogP contribution in [-0.2, 0) is 9.84 Å². The van der Waals surface area contributed by atoms with E-state index in [1.165, 1.54) is 0 Å². The van der Waals surface area contributed by atoms with Crippen molar-refractivity contribution >= 4 is 15.9 Å². The predicted molar refractivity (Wildman–Crippen MR) is 117 cm³/mol. The van der Waals surface area contributed by atoms with Crippen LogP contribution in [0, 0.1) is 0 Å². The quantitative estimate of drug-likeness (QED) is 0.678. The van der Waals surface area contributed by atoms with Crippen LogP contribution < -0.4 is 5.32 Å². The van der Waals surface area contributed by atoms with Crippen molar-refractivity contribution in [2.75, 3.05) is 13.1 Å². The van der Waals surface area contributed by atoms with Crippen molar-refractivity contribution in [3.63, 3.8) is 0 Å².